The first-order valence-corrected chi connectivity index (χ1v) is 8.48. The minimum atomic E-state index is -0.744. The molecule has 0 saturated heterocycles. The van der Waals surface area contributed by atoms with Crippen LogP contribution in [0.1, 0.15) is 29.0 Å². The summed E-state index contributed by atoms with van der Waals surface area (Å²) in [6, 6.07) is 11.8. The van der Waals surface area contributed by atoms with Gasteiger partial charge in [0.05, 0.1) is 3.79 Å². The largest absolute Gasteiger partial charge is 0.480 e. The van der Waals surface area contributed by atoms with Crippen molar-refractivity contribution in [2.45, 2.75) is 32.0 Å². The van der Waals surface area contributed by atoms with E-state index in [-0.39, 0.29) is 6.04 Å². The lowest BCUT2D eigenvalue weighted by Gasteiger charge is -2.38. The van der Waals surface area contributed by atoms with Crippen LogP contribution >= 0.6 is 27.3 Å². The van der Waals surface area contributed by atoms with Crippen LogP contribution in [-0.4, -0.2) is 22.0 Å². The number of hydrogen-bond acceptors (Lipinski definition) is 3. The molecule has 3 nitrogen and oxygen atoms in total. The summed E-state index contributed by atoms with van der Waals surface area (Å²) in [6.45, 7) is 2.77. The number of thiophene rings is 1. The van der Waals surface area contributed by atoms with Crippen molar-refractivity contribution in [3.05, 3.63) is 56.2 Å². The number of halogens is 1. The molecule has 2 aromatic rings. The molecule has 1 aliphatic heterocycles. The molecule has 1 N–H and O–H groups in total. The van der Waals surface area contributed by atoms with Gasteiger partial charge in [-0.2, -0.15) is 0 Å². The molecule has 0 fully saturated rings. The molecule has 1 aromatic carbocycles. The number of carboxylic acids is 1. The van der Waals surface area contributed by atoms with Crippen molar-refractivity contribution in [2.24, 2.45) is 0 Å². The standard InChI is InChI=1S/C16H16BrNO2S/c1-10(14-6-7-15(17)21-14)18-9-12-5-3-2-4-11(12)8-13(18)16(19)20/h2-7,10,13H,8-9H2,1H3,(H,19,20). The van der Waals surface area contributed by atoms with E-state index in [1.54, 1.807) is 11.3 Å². The molecule has 0 amide bonds. The number of nitrogens with zero attached hydrogens (tertiary/aromatic N) is 1. The maximum atomic E-state index is 11.7. The monoisotopic (exact) mass is 365 g/mol. The van der Waals surface area contributed by atoms with Crippen LogP contribution in [0, 0.1) is 0 Å². The van der Waals surface area contributed by atoms with Crippen LogP contribution in [0.15, 0.2) is 40.2 Å². The Bertz CT molecular complexity index is 670. The SMILES string of the molecule is CC(c1ccc(Br)s1)N1Cc2ccccc2CC1C(=O)O. The number of hydrogen-bond donors (Lipinski definition) is 1. The summed E-state index contributed by atoms with van der Waals surface area (Å²) < 4.78 is 1.08. The molecule has 3 rings (SSSR count). The average Bonchev–Trinajstić information content (AvgIpc) is 2.91. The zero-order valence-corrected chi connectivity index (χ0v) is 14.0. The summed E-state index contributed by atoms with van der Waals surface area (Å²) in [5.41, 5.74) is 2.39. The van der Waals surface area contributed by atoms with Crippen molar-refractivity contribution in [3.63, 3.8) is 0 Å². The highest BCUT2D eigenvalue weighted by Crippen LogP contribution is 2.35. The van der Waals surface area contributed by atoms with E-state index in [1.165, 1.54) is 10.4 Å². The lowest BCUT2D eigenvalue weighted by atomic mass is 9.92. The Morgan fingerprint density at radius 2 is 2.05 bits per heavy atom. The highest BCUT2D eigenvalue weighted by Gasteiger charge is 2.34. The van der Waals surface area contributed by atoms with Crippen LogP contribution in [0.3, 0.4) is 0 Å². The van der Waals surface area contributed by atoms with Crippen molar-refractivity contribution in [1.82, 2.24) is 4.90 Å². The number of fused-ring (bicyclic) bond motifs is 1. The van der Waals surface area contributed by atoms with E-state index in [1.807, 2.05) is 24.3 Å². The van der Waals surface area contributed by atoms with E-state index < -0.39 is 12.0 Å². The number of carboxylic acid groups (broad SMARTS) is 1. The van der Waals surface area contributed by atoms with Gasteiger partial charge in [-0.25, -0.2) is 0 Å². The van der Waals surface area contributed by atoms with Gasteiger partial charge in [0.2, 0.25) is 0 Å². The lowest BCUT2D eigenvalue weighted by molar-refractivity contribution is -0.145. The zero-order chi connectivity index (χ0) is 15.0. The Labute approximate surface area is 136 Å². The number of benzene rings is 1. The zero-order valence-electron chi connectivity index (χ0n) is 11.6. The molecule has 1 aliphatic rings. The molecule has 0 bridgehead atoms. The van der Waals surface area contributed by atoms with Crippen molar-refractivity contribution < 1.29 is 9.90 Å². The summed E-state index contributed by atoms with van der Waals surface area (Å²) in [5, 5.41) is 9.59. The van der Waals surface area contributed by atoms with Gasteiger partial charge in [-0.15, -0.1) is 11.3 Å². The normalized spacial score (nSPS) is 20.0. The first kappa shape index (κ1) is 14.8. The van der Waals surface area contributed by atoms with E-state index >= 15 is 0 Å². The lowest BCUT2D eigenvalue weighted by Crippen LogP contribution is -2.46. The maximum absolute atomic E-state index is 11.7. The van der Waals surface area contributed by atoms with E-state index in [0.29, 0.717) is 13.0 Å². The van der Waals surface area contributed by atoms with Crippen molar-refractivity contribution in [2.75, 3.05) is 0 Å². The van der Waals surface area contributed by atoms with Crippen molar-refractivity contribution in [1.29, 1.82) is 0 Å². The Hall–Kier alpha value is -1.17. The fraction of sp³-hybridized carbons (Fsp3) is 0.312. The first-order valence-electron chi connectivity index (χ1n) is 6.87. The summed E-state index contributed by atoms with van der Waals surface area (Å²) in [5.74, 6) is -0.744. The Balaban J connectivity index is 1.94. The van der Waals surface area contributed by atoms with Crippen LogP contribution < -0.4 is 0 Å². The van der Waals surface area contributed by atoms with Gasteiger partial charge in [0.1, 0.15) is 6.04 Å². The topological polar surface area (TPSA) is 40.5 Å². The smallest absolute Gasteiger partial charge is 0.321 e. The minimum absolute atomic E-state index is 0.0933. The second-order valence-corrected chi connectivity index (χ2v) is 7.81. The predicted octanol–water partition coefficient (Wildman–Crippen LogP) is 4.08. The van der Waals surface area contributed by atoms with Crippen LogP contribution in [0.4, 0.5) is 0 Å². The predicted molar refractivity (Wildman–Crippen MR) is 87.5 cm³/mol. The van der Waals surface area contributed by atoms with Crippen molar-refractivity contribution in [3.8, 4) is 0 Å². The highest BCUT2D eigenvalue weighted by molar-refractivity contribution is 9.11. The Morgan fingerprint density at radius 1 is 1.33 bits per heavy atom. The number of rotatable bonds is 3. The van der Waals surface area contributed by atoms with Gasteiger partial charge in [0.25, 0.3) is 0 Å². The van der Waals surface area contributed by atoms with Gasteiger partial charge < -0.3 is 5.11 Å². The number of carbonyl (C=O) groups is 1. The van der Waals surface area contributed by atoms with Crippen LogP contribution in [0.5, 0.6) is 0 Å². The molecule has 0 spiro atoms. The summed E-state index contributed by atoms with van der Waals surface area (Å²) in [6.07, 6.45) is 0.572. The molecule has 0 saturated carbocycles. The third-order valence-corrected chi connectivity index (χ3v) is 5.87. The molecule has 2 heterocycles. The molecule has 2 atom stereocenters. The fourth-order valence-corrected chi connectivity index (χ4v) is 4.39. The summed E-state index contributed by atoms with van der Waals surface area (Å²) in [4.78, 5) is 14.9. The first-order chi connectivity index (χ1) is 10.1. The minimum Gasteiger partial charge on any atom is -0.480 e. The highest BCUT2D eigenvalue weighted by atomic mass is 79.9. The molecular formula is C16H16BrNO2S. The van der Waals surface area contributed by atoms with Gasteiger partial charge in [-0.3, -0.25) is 9.69 Å². The third-order valence-electron chi connectivity index (χ3n) is 4.07. The second kappa shape index (κ2) is 5.91. The molecule has 0 aliphatic carbocycles. The molecule has 110 valence electrons. The third kappa shape index (κ3) is 2.91. The van der Waals surface area contributed by atoms with Gasteiger partial charge >= 0.3 is 5.97 Å². The quantitative estimate of drug-likeness (QED) is 0.890. The molecule has 0 radical (unpaired) electrons. The Kier molecular flexibility index (Phi) is 4.15. The Morgan fingerprint density at radius 3 is 2.67 bits per heavy atom. The van der Waals surface area contributed by atoms with Crippen molar-refractivity contribution >= 4 is 33.2 Å². The molecule has 21 heavy (non-hydrogen) atoms. The van der Waals surface area contributed by atoms with Gasteiger partial charge in [0, 0.05) is 17.5 Å². The average molecular weight is 366 g/mol. The van der Waals surface area contributed by atoms with Crippen LogP contribution in [0.2, 0.25) is 0 Å². The molecule has 1 aromatic heterocycles. The van der Waals surface area contributed by atoms with Crippen LogP contribution in [0.25, 0.3) is 0 Å². The maximum Gasteiger partial charge on any atom is 0.321 e. The fourth-order valence-electron chi connectivity index (χ4n) is 2.90. The number of aliphatic carboxylic acids is 1. The summed E-state index contributed by atoms with van der Waals surface area (Å²) >= 11 is 5.14. The van der Waals surface area contributed by atoms with E-state index in [0.717, 1.165) is 9.35 Å². The molecular weight excluding hydrogens is 350 g/mol. The van der Waals surface area contributed by atoms with E-state index in [4.69, 9.17) is 0 Å². The van der Waals surface area contributed by atoms with Gasteiger partial charge in [-0.05, 0) is 52.5 Å². The summed E-state index contributed by atoms with van der Waals surface area (Å²) in [7, 11) is 0. The van der Waals surface area contributed by atoms with Crippen LogP contribution in [-0.2, 0) is 17.8 Å². The van der Waals surface area contributed by atoms with E-state index in [2.05, 4.69) is 39.9 Å². The van der Waals surface area contributed by atoms with Gasteiger partial charge in [0.15, 0.2) is 0 Å². The molecule has 2 unspecified atom stereocenters. The van der Waals surface area contributed by atoms with E-state index in [9.17, 15) is 9.90 Å². The second-order valence-electron chi connectivity index (χ2n) is 5.32. The molecule has 5 heteroatoms. The van der Waals surface area contributed by atoms with Gasteiger partial charge in [-0.1, -0.05) is 24.3 Å².